The first kappa shape index (κ1) is 15.5. The minimum absolute atomic E-state index is 0.0570. The normalized spacial score (nSPS) is 11.8. The average molecular weight is 322 g/mol. The van der Waals surface area contributed by atoms with Crippen molar-refractivity contribution >= 4 is 29.0 Å². The zero-order chi connectivity index (χ0) is 15.6. The molecule has 0 saturated heterocycles. The molecule has 5 heteroatoms. The van der Waals surface area contributed by atoms with Gasteiger partial charge < -0.3 is 0 Å². The molecule has 0 bridgehead atoms. The molecule has 0 N–H and O–H groups in total. The minimum atomic E-state index is -1.09. The van der Waals surface area contributed by atoms with Gasteiger partial charge in [0.05, 0.1) is 6.07 Å². The van der Waals surface area contributed by atoms with Gasteiger partial charge in [0.2, 0.25) is 0 Å². The largest absolute Gasteiger partial charge is 0.292 e. The van der Waals surface area contributed by atoms with E-state index in [4.69, 9.17) is 23.2 Å². The highest BCUT2D eigenvalue weighted by atomic mass is 35.5. The van der Waals surface area contributed by atoms with Crippen LogP contribution in [-0.4, -0.2) is 5.78 Å². The molecule has 0 heterocycles. The monoisotopic (exact) mass is 321 g/mol. The van der Waals surface area contributed by atoms with Crippen LogP contribution in [0.3, 0.4) is 0 Å². The van der Waals surface area contributed by atoms with Gasteiger partial charge in [0, 0.05) is 15.6 Å². The highest BCUT2D eigenvalue weighted by Crippen LogP contribution is 2.29. The summed E-state index contributed by atoms with van der Waals surface area (Å²) in [5.74, 6) is -1.99. The summed E-state index contributed by atoms with van der Waals surface area (Å²) in [6, 6.07) is 10.4. The summed E-state index contributed by atoms with van der Waals surface area (Å²) in [5, 5.41) is 9.87. The van der Waals surface area contributed by atoms with Gasteiger partial charge in [-0.25, -0.2) is 4.39 Å². The number of aryl methyl sites for hydroxylation is 1. The number of nitriles is 1. The Morgan fingerprint density at radius 1 is 1.24 bits per heavy atom. The van der Waals surface area contributed by atoms with Gasteiger partial charge in [-0.3, -0.25) is 4.79 Å². The van der Waals surface area contributed by atoms with Crippen LogP contribution in [0, 0.1) is 24.1 Å². The molecular weight excluding hydrogens is 312 g/mol. The Kier molecular flexibility index (Phi) is 4.62. The molecule has 2 aromatic rings. The van der Waals surface area contributed by atoms with Gasteiger partial charge in [-0.15, -0.1) is 0 Å². The van der Waals surface area contributed by atoms with E-state index in [1.807, 2.05) is 6.07 Å². The summed E-state index contributed by atoms with van der Waals surface area (Å²) in [6.45, 7) is 1.74. The van der Waals surface area contributed by atoms with E-state index in [-0.39, 0.29) is 10.8 Å². The van der Waals surface area contributed by atoms with E-state index in [1.54, 1.807) is 25.1 Å². The molecule has 0 amide bonds. The first-order valence-electron chi connectivity index (χ1n) is 6.09. The first-order chi connectivity index (χ1) is 9.93. The van der Waals surface area contributed by atoms with E-state index in [0.717, 1.165) is 6.07 Å². The highest BCUT2D eigenvalue weighted by Gasteiger charge is 2.25. The van der Waals surface area contributed by atoms with Crippen molar-refractivity contribution in [2.24, 2.45) is 0 Å². The third kappa shape index (κ3) is 3.24. The van der Waals surface area contributed by atoms with Crippen molar-refractivity contribution in [1.82, 2.24) is 0 Å². The smallest absolute Gasteiger partial charge is 0.184 e. The molecule has 2 rings (SSSR count). The lowest BCUT2D eigenvalue weighted by molar-refractivity contribution is 0.0978. The molecule has 21 heavy (non-hydrogen) atoms. The molecule has 0 aromatic heterocycles. The van der Waals surface area contributed by atoms with Crippen molar-refractivity contribution < 1.29 is 9.18 Å². The standard InChI is InChI=1S/C16H10Cl2FNO/c1-9-6-10(17)2-4-12(9)16(21)14(8-20)13-5-3-11(19)7-15(13)18/h2-7,14H,1H3. The fraction of sp³-hybridized carbons (Fsp3) is 0.125. The third-order valence-corrected chi connectivity index (χ3v) is 3.68. The molecule has 2 nitrogen and oxygen atoms in total. The van der Waals surface area contributed by atoms with Gasteiger partial charge in [-0.1, -0.05) is 29.3 Å². The van der Waals surface area contributed by atoms with E-state index in [9.17, 15) is 14.4 Å². The van der Waals surface area contributed by atoms with Crippen LogP contribution in [0.1, 0.15) is 27.4 Å². The molecule has 2 aromatic carbocycles. The minimum Gasteiger partial charge on any atom is -0.292 e. The predicted molar refractivity (Wildman–Crippen MR) is 80.3 cm³/mol. The van der Waals surface area contributed by atoms with Crippen LogP contribution in [0.4, 0.5) is 4.39 Å². The highest BCUT2D eigenvalue weighted by molar-refractivity contribution is 6.32. The van der Waals surface area contributed by atoms with Gasteiger partial charge >= 0.3 is 0 Å². The van der Waals surface area contributed by atoms with Gasteiger partial charge in [0.1, 0.15) is 11.7 Å². The van der Waals surface area contributed by atoms with Crippen molar-refractivity contribution in [2.45, 2.75) is 12.8 Å². The summed E-state index contributed by atoms with van der Waals surface area (Å²) in [5.41, 5.74) is 1.36. The van der Waals surface area contributed by atoms with Crippen molar-refractivity contribution in [3.63, 3.8) is 0 Å². The Hall–Kier alpha value is -1.89. The second-order valence-electron chi connectivity index (χ2n) is 4.55. The molecule has 1 unspecified atom stereocenters. The molecule has 106 valence electrons. The zero-order valence-electron chi connectivity index (χ0n) is 11.0. The van der Waals surface area contributed by atoms with E-state index >= 15 is 0 Å². The lowest BCUT2D eigenvalue weighted by Crippen LogP contribution is -2.13. The Balaban J connectivity index is 2.46. The van der Waals surface area contributed by atoms with Crippen LogP contribution in [0.5, 0.6) is 0 Å². The molecule has 0 spiro atoms. The molecular formula is C16H10Cl2FNO. The molecule has 0 fully saturated rings. The summed E-state index contributed by atoms with van der Waals surface area (Å²) >= 11 is 11.8. The number of carbonyl (C=O) groups excluding carboxylic acids is 1. The van der Waals surface area contributed by atoms with Crippen LogP contribution in [0.25, 0.3) is 0 Å². The van der Waals surface area contributed by atoms with Crippen LogP contribution in [0.15, 0.2) is 36.4 Å². The maximum Gasteiger partial charge on any atom is 0.184 e. The Morgan fingerprint density at radius 3 is 2.52 bits per heavy atom. The van der Waals surface area contributed by atoms with Crippen molar-refractivity contribution in [3.8, 4) is 6.07 Å². The molecule has 1 atom stereocenters. The number of hydrogen-bond donors (Lipinski definition) is 0. The number of halogens is 3. The maximum absolute atomic E-state index is 13.1. The van der Waals surface area contributed by atoms with E-state index in [0.29, 0.717) is 21.7 Å². The van der Waals surface area contributed by atoms with Gasteiger partial charge in [0.25, 0.3) is 0 Å². The third-order valence-electron chi connectivity index (χ3n) is 3.12. The van der Waals surface area contributed by atoms with Crippen LogP contribution in [0.2, 0.25) is 10.0 Å². The number of Topliss-reactive ketones (excluding diaryl/α,β-unsaturated/α-hetero) is 1. The zero-order valence-corrected chi connectivity index (χ0v) is 12.5. The second kappa shape index (κ2) is 6.26. The number of benzene rings is 2. The lowest BCUT2D eigenvalue weighted by atomic mass is 9.90. The summed E-state index contributed by atoms with van der Waals surface area (Å²) < 4.78 is 13.1. The average Bonchev–Trinajstić information content (AvgIpc) is 2.41. The number of ketones is 1. The summed E-state index contributed by atoms with van der Waals surface area (Å²) in [6.07, 6.45) is 0. The fourth-order valence-corrected chi connectivity index (χ4v) is 2.57. The van der Waals surface area contributed by atoms with Crippen molar-refractivity contribution in [2.75, 3.05) is 0 Å². The predicted octanol–water partition coefficient (Wildman–Crippen LogP) is 4.93. The Morgan fingerprint density at radius 2 is 1.95 bits per heavy atom. The molecule has 0 radical (unpaired) electrons. The van der Waals surface area contributed by atoms with Crippen LogP contribution >= 0.6 is 23.2 Å². The molecule has 0 aliphatic carbocycles. The van der Waals surface area contributed by atoms with Gasteiger partial charge in [-0.2, -0.15) is 5.26 Å². The first-order valence-corrected chi connectivity index (χ1v) is 6.84. The number of nitrogens with zero attached hydrogens (tertiary/aromatic N) is 1. The van der Waals surface area contributed by atoms with Crippen LogP contribution < -0.4 is 0 Å². The van der Waals surface area contributed by atoms with E-state index < -0.39 is 11.7 Å². The van der Waals surface area contributed by atoms with E-state index in [2.05, 4.69) is 0 Å². The molecule has 0 aliphatic heterocycles. The quantitative estimate of drug-likeness (QED) is 0.752. The Bertz CT molecular complexity index is 752. The maximum atomic E-state index is 13.1. The number of rotatable bonds is 3. The van der Waals surface area contributed by atoms with Gasteiger partial charge in [-0.05, 0) is 48.4 Å². The lowest BCUT2D eigenvalue weighted by Gasteiger charge is -2.12. The SMILES string of the molecule is Cc1cc(Cl)ccc1C(=O)C(C#N)c1ccc(F)cc1Cl. The Labute approximate surface area is 131 Å². The fourth-order valence-electron chi connectivity index (χ4n) is 2.06. The van der Waals surface area contributed by atoms with Crippen LogP contribution in [-0.2, 0) is 0 Å². The summed E-state index contributed by atoms with van der Waals surface area (Å²) in [7, 11) is 0. The number of carbonyl (C=O) groups is 1. The van der Waals surface area contributed by atoms with E-state index in [1.165, 1.54) is 12.1 Å². The second-order valence-corrected chi connectivity index (χ2v) is 5.40. The molecule has 0 saturated carbocycles. The van der Waals surface area contributed by atoms with Crippen molar-refractivity contribution in [1.29, 1.82) is 5.26 Å². The van der Waals surface area contributed by atoms with Gasteiger partial charge in [0.15, 0.2) is 5.78 Å². The van der Waals surface area contributed by atoms with Crippen molar-refractivity contribution in [3.05, 3.63) is 69.0 Å². The topological polar surface area (TPSA) is 40.9 Å². The number of hydrogen-bond acceptors (Lipinski definition) is 2. The molecule has 0 aliphatic rings. The summed E-state index contributed by atoms with van der Waals surface area (Å²) in [4.78, 5) is 12.5.